The standard InChI is InChI=1S/C20H21N3O3S/c1-26-19-10-6-5-7-16(19)13-14-21-20-12-11-17(15-22-20)23-27(24,25)18-8-3-2-4-9-18/h2-12,15,23H,13-14H2,1H3,(H,21,22). The van der Waals surface area contributed by atoms with Crippen molar-refractivity contribution in [1.82, 2.24) is 4.98 Å². The molecule has 0 saturated carbocycles. The molecule has 140 valence electrons. The fourth-order valence-electron chi connectivity index (χ4n) is 2.61. The fourth-order valence-corrected chi connectivity index (χ4v) is 3.67. The summed E-state index contributed by atoms with van der Waals surface area (Å²) in [5.74, 6) is 1.53. The Bertz CT molecular complexity index is 975. The lowest BCUT2D eigenvalue weighted by Gasteiger charge is -2.10. The second kappa shape index (κ2) is 8.55. The van der Waals surface area contributed by atoms with Gasteiger partial charge in [-0.3, -0.25) is 4.72 Å². The molecular formula is C20H21N3O3S. The summed E-state index contributed by atoms with van der Waals surface area (Å²) in [4.78, 5) is 4.47. The topological polar surface area (TPSA) is 80.3 Å². The SMILES string of the molecule is COc1ccccc1CCNc1ccc(NS(=O)(=O)c2ccccc2)cn1. The van der Waals surface area contributed by atoms with E-state index in [0.29, 0.717) is 18.1 Å². The second-order valence-electron chi connectivity index (χ2n) is 5.84. The van der Waals surface area contributed by atoms with Gasteiger partial charge in [0.25, 0.3) is 10.0 Å². The van der Waals surface area contributed by atoms with Gasteiger partial charge in [-0.25, -0.2) is 13.4 Å². The average molecular weight is 383 g/mol. The molecule has 2 aromatic carbocycles. The van der Waals surface area contributed by atoms with Gasteiger partial charge in [0.15, 0.2) is 0 Å². The van der Waals surface area contributed by atoms with Crippen LogP contribution in [0, 0.1) is 0 Å². The van der Waals surface area contributed by atoms with Gasteiger partial charge < -0.3 is 10.1 Å². The van der Waals surface area contributed by atoms with Crippen molar-refractivity contribution in [2.24, 2.45) is 0 Å². The molecule has 1 heterocycles. The first-order chi connectivity index (χ1) is 13.1. The summed E-state index contributed by atoms with van der Waals surface area (Å²) in [5, 5.41) is 3.22. The molecule has 27 heavy (non-hydrogen) atoms. The van der Waals surface area contributed by atoms with Gasteiger partial charge in [-0.05, 0) is 42.3 Å². The molecule has 3 aromatic rings. The number of ether oxygens (including phenoxy) is 1. The highest BCUT2D eigenvalue weighted by molar-refractivity contribution is 7.92. The molecule has 0 spiro atoms. The zero-order chi connectivity index (χ0) is 19.1. The predicted octanol–water partition coefficient (Wildman–Crippen LogP) is 3.55. The van der Waals surface area contributed by atoms with Gasteiger partial charge in [0.2, 0.25) is 0 Å². The molecule has 0 aliphatic heterocycles. The van der Waals surface area contributed by atoms with Gasteiger partial charge in [-0.2, -0.15) is 0 Å². The highest BCUT2D eigenvalue weighted by Crippen LogP contribution is 2.19. The van der Waals surface area contributed by atoms with Crippen molar-refractivity contribution in [3.05, 3.63) is 78.5 Å². The summed E-state index contributed by atoms with van der Waals surface area (Å²) < 4.78 is 32.5. The molecule has 0 saturated heterocycles. The summed E-state index contributed by atoms with van der Waals surface area (Å²) in [5.41, 5.74) is 1.52. The number of para-hydroxylation sites is 1. The molecule has 0 aliphatic rings. The normalized spacial score (nSPS) is 11.0. The first-order valence-corrected chi connectivity index (χ1v) is 9.96. The Balaban J connectivity index is 1.57. The van der Waals surface area contributed by atoms with Crippen molar-refractivity contribution < 1.29 is 13.2 Å². The van der Waals surface area contributed by atoms with E-state index in [0.717, 1.165) is 17.7 Å². The van der Waals surface area contributed by atoms with Crippen LogP contribution < -0.4 is 14.8 Å². The van der Waals surface area contributed by atoms with Crippen LogP contribution >= 0.6 is 0 Å². The number of anilines is 2. The minimum atomic E-state index is -3.61. The summed E-state index contributed by atoms with van der Waals surface area (Å²) in [7, 11) is -1.96. The quantitative estimate of drug-likeness (QED) is 0.622. The molecule has 7 heteroatoms. The average Bonchev–Trinajstić information content (AvgIpc) is 2.70. The van der Waals surface area contributed by atoms with Crippen LogP contribution in [-0.4, -0.2) is 27.1 Å². The van der Waals surface area contributed by atoms with Gasteiger partial charge in [0, 0.05) is 6.54 Å². The second-order valence-corrected chi connectivity index (χ2v) is 7.52. The maximum Gasteiger partial charge on any atom is 0.261 e. The van der Waals surface area contributed by atoms with E-state index in [-0.39, 0.29) is 4.90 Å². The number of methoxy groups -OCH3 is 1. The van der Waals surface area contributed by atoms with Gasteiger partial charge in [-0.15, -0.1) is 0 Å². The van der Waals surface area contributed by atoms with Crippen molar-refractivity contribution in [3.63, 3.8) is 0 Å². The third kappa shape index (κ3) is 4.98. The van der Waals surface area contributed by atoms with E-state index >= 15 is 0 Å². The number of benzene rings is 2. The van der Waals surface area contributed by atoms with Crippen LogP contribution in [0.15, 0.2) is 77.8 Å². The molecule has 2 N–H and O–H groups in total. The summed E-state index contributed by atoms with van der Waals surface area (Å²) in [6, 6.07) is 19.5. The Labute approximate surface area is 159 Å². The van der Waals surface area contributed by atoms with Gasteiger partial charge in [-0.1, -0.05) is 36.4 Å². The van der Waals surface area contributed by atoms with Crippen LogP contribution in [0.3, 0.4) is 0 Å². The summed E-state index contributed by atoms with van der Waals surface area (Å²) >= 11 is 0. The lowest BCUT2D eigenvalue weighted by Crippen LogP contribution is -2.13. The Kier molecular flexibility index (Phi) is 5.93. The number of nitrogens with zero attached hydrogens (tertiary/aromatic N) is 1. The third-order valence-electron chi connectivity index (χ3n) is 3.96. The Morgan fingerprint density at radius 2 is 1.70 bits per heavy atom. The van der Waals surface area contributed by atoms with Crippen molar-refractivity contribution in [2.45, 2.75) is 11.3 Å². The molecule has 0 unspecified atom stereocenters. The molecule has 1 aromatic heterocycles. The van der Waals surface area contributed by atoms with Gasteiger partial charge >= 0.3 is 0 Å². The number of pyridine rings is 1. The molecule has 0 amide bonds. The highest BCUT2D eigenvalue weighted by atomic mass is 32.2. The van der Waals surface area contributed by atoms with Crippen molar-refractivity contribution in [1.29, 1.82) is 0 Å². The van der Waals surface area contributed by atoms with Crippen molar-refractivity contribution >= 4 is 21.5 Å². The molecule has 0 radical (unpaired) electrons. The Morgan fingerprint density at radius 3 is 2.41 bits per heavy atom. The minimum Gasteiger partial charge on any atom is -0.496 e. The van der Waals surface area contributed by atoms with Crippen LogP contribution in [-0.2, 0) is 16.4 Å². The highest BCUT2D eigenvalue weighted by Gasteiger charge is 2.13. The lowest BCUT2D eigenvalue weighted by atomic mass is 10.1. The molecule has 0 bridgehead atoms. The molecule has 0 atom stereocenters. The molecule has 0 fully saturated rings. The van der Waals surface area contributed by atoms with Crippen LogP contribution in [0.5, 0.6) is 5.75 Å². The van der Waals surface area contributed by atoms with Crippen molar-refractivity contribution in [3.8, 4) is 5.75 Å². The number of nitrogens with one attached hydrogen (secondary N) is 2. The summed E-state index contributed by atoms with van der Waals surface area (Å²) in [6.45, 7) is 0.683. The number of hydrogen-bond acceptors (Lipinski definition) is 5. The van der Waals surface area contributed by atoms with Crippen molar-refractivity contribution in [2.75, 3.05) is 23.7 Å². The van der Waals surface area contributed by atoms with Crippen LogP contribution in [0.25, 0.3) is 0 Å². The smallest absolute Gasteiger partial charge is 0.261 e. The molecule has 6 nitrogen and oxygen atoms in total. The van der Waals surface area contributed by atoms with E-state index in [1.54, 1.807) is 49.6 Å². The number of sulfonamides is 1. The van der Waals surface area contributed by atoms with E-state index in [4.69, 9.17) is 4.74 Å². The number of rotatable bonds is 8. The number of aromatic nitrogens is 1. The maximum absolute atomic E-state index is 12.3. The van der Waals surface area contributed by atoms with E-state index in [1.807, 2.05) is 24.3 Å². The lowest BCUT2D eigenvalue weighted by molar-refractivity contribution is 0.410. The van der Waals surface area contributed by atoms with E-state index in [1.165, 1.54) is 6.20 Å². The van der Waals surface area contributed by atoms with E-state index in [9.17, 15) is 8.42 Å². The Morgan fingerprint density at radius 1 is 0.963 bits per heavy atom. The van der Waals surface area contributed by atoms with E-state index < -0.39 is 10.0 Å². The first kappa shape index (κ1) is 18.7. The minimum absolute atomic E-state index is 0.212. The maximum atomic E-state index is 12.3. The summed E-state index contributed by atoms with van der Waals surface area (Å²) in [6.07, 6.45) is 2.28. The number of hydrogen-bond donors (Lipinski definition) is 2. The zero-order valence-corrected chi connectivity index (χ0v) is 15.7. The molecular weight excluding hydrogens is 362 g/mol. The van der Waals surface area contributed by atoms with E-state index in [2.05, 4.69) is 15.0 Å². The largest absolute Gasteiger partial charge is 0.496 e. The van der Waals surface area contributed by atoms with Crippen LogP contribution in [0.2, 0.25) is 0 Å². The first-order valence-electron chi connectivity index (χ1n) is 8.48. The monoisotopic (exact) mass is 383 g/mol. The predicted molar refractivity (Wildman–Crippen MR) is 107 cm³/mol. The third-order valence-corrected chi connectivity index (χ3v) is 5.36. The Hall–Kier alpha value is -3.06. The van der Waals surface area contributed by atoms with Crippen LogP contribution in [0.4, 0.5) is 11.5 Å². The fraction of sp³-hybridized carbons (Fsp3) is 0.150. The zero-order valence-electron chi connectivity index (χ0n) is 14.9. The molecule has 3 rings (SSSR count). The van der Waals surface area contributed by atoms with Crippen LogP contribution in [0.1, 0.15) is 5.56 Å². The molecule has 0 aliphatic carbocycles. The van der Waals surface area contributed by atoms with Gasteiger partial charge in [0.1, 0.15) is 11.6 Å². The van der Waals surface area contributed by atoms with Gasteiger partial charge in [0.05, 0.1) is 23.9 Å².